The first-order chi connectivity index (χ1) is 4.85. The van der Waals surface area contributed by atoms with Gasteiger partial charge in [-0.05, 0) is 17.8 Å². The predicted octanol–water partition coefficient (Wildman–Crippen LogP) is -2.67. The average molecular weight is 204 g/mol. The van der Waals surface area contributed by atoms with E-state index in [4.69, 9.17) is 15.1 Å². The molecule has 0 aliphatic rings. The zero-order chi connectivity index (χ0) is 9.49. The van der Waals surface area contributed by atoms with Gasteiger partial charge < -0.3 is 15.1 Å². The maximum atomic E-state index is 10.3. The molecule has 0 aliphatic carbocycles. The van der Waals surface area contributed by atoms with E-state index in [-0.39, 0.29) is 18.9 Å². The van der Waals surface area contributed by atoms with Crippen molar-refractivity contribution in [2.45, 2.75) is 0 Å². The molecule has 0 unspecified atom stereocenters. The summed E-state index contributed by atoms with van der Waals surface area (Å²) in [6.07, 6.45) is 0. The molecular formula is H4BF2LiO7S. The van der Waals surface area contributed by atoms with E-state index in [1.807, 2.05) is 8.78 Å². The van der Waals surface area contributed by atoms with Gasteiger partial charge in [-0.15, -0.1) is 0 Å². The Hall–Kier alpha value is 0.272. The molecule has 0 radical (unpaired) electrons. The maximum absolute atomic E-state index is 10.3. The summed E-state index contributed by atoms with van der Waals surface area (Å²) in [6.45, 7) is 0. The number of rotatable bonds is 2. The van der Waals surface area contributed by atoms with Crippen LogP contribution in [0.3, 0.4) is 0 Å². The van der Waals surface area contributed by atoms with Gasteiger partial charge >= 0.3 is 36.6 Å². The van der Waals surface area contributed by atoms with E-state index in [0.717, 1.165) is 0 Å². The molecule has 0 aromatic heterocycles. The third-order valence-electron chi connectivity index (χ3n) is 0.154. The van der Waals surface area contributed by atoms with E-state index in [0.29, 0.717) is 0 Å². The normalized spacial score (nSPS) is 9.08. The van der Waals surface area contributed by atoms with Gasteiger partial charge in [-0.2, -0.15) is 8.42 Å². The van der Waals surface area contributed by atoms with Crippen molar-refractivity contribution >= 4 is 36.6 Å². The van der Waals surface area contributed by atoms with Crippen LogP contribution in [0, 0.1) is 0 Å². The second-order valence-corrected chi connectivity index (χ2v) is 1.95. The Morgan fingerprint density at radius 3 is 1.25 bits per heavy atom. The molecule has 0 rings (SSSR count). The van der Waals surface area contributed by atoms with E-state index in [1.54, 1.807) is 0 Å². The van der Waals surface area contributed by atoms with Crippen LogP contribution in [0.2, 0.25) is 0 Å². The van der Waals surface area contributed by atoms with E-state index < -0.39 is 17.7 Å². The molecule has 0 aliphatic heterocycles. The fourth-order valence-electron chi connectivity index (χ4n) is 0.00972. The third-order valence-corrected chi connectivity index (χ3v) is 0.463. The van der Waals surface area contributed by atoms with Crippen molar-refractivity contribution in [2.24, 2.45) is 0 Å². The van der Waals surface area contributed by atoms with E-state index in [1.165, 1.54) is 0 Å². The van der Waals surface area contributed by atoms with Crippen LogP contribution in [0.4, 0.5) is 9.05 Å². The SMILES string of the molecule is O=S(=O)(OF)OF.OB(O)O.[LiH]. The van der Waals surface area contributed by atoms with Gasteiger partial charge in [0.15, 0.2) is 0 Å². The van der Waals surface area contributed by atoms with Gasteiger partial charge in [0.25, 0.3) is 0 Å². The summed E-state index contributed by atoms with van der Waals surface area (Å²) in [5, 5.41) is 21.5. The molecule has 7 nitrogen and oxygen atoms in total. The van der Waals surface area contributed by atoms with Gasteiger partial charge in [0.1, 0.15) is 0 Å². The van der Waals surface area contributed by atoms with Crippen molar-refractivity contribution in [3.05, 3.63) is 0 Å². The Balaban J connectivity index is -0.000000142. The summed E-state index contributed by atoms with van der Waals surface area (Å²) in [5.74, 6) is 0. The zero-order valence-electron chi connectivity index (χ0n) is 4.72. The molecule has 70 valence electrons. The topological polar surface area (TPSA) is 113 Å². The van der Waals surface area contributed by atoms with Crippen LogP contribution in [-0.2, 0) is 19.2 Å². The van der Waals surface area contributed by atoms with Crippen LogP contribution in [0.15, 0.2) is 0 Å². The molecule has 3 N–H and O–H groups in total. The summed E-state index contributed by atoms with van der Waals surface area (Å²) in [5.41, 5.74) is 0. The molecule has 0 heterocycles. The van der Waals surface area contributed by atoms with Gasteiger partial charge in [-0.25, -0.2) is 0 Å². The molecular weight excluding hydrogens is 200 g/mol. The van der Waals surface area contributed by atoms with Crippen LogP contribution in [-0.4, -0.2) is 49.7 Å². The second-order valence-electron chi connectivity index (χ2n) is 0.881. The van der Waals surface area contributed by atoms with Crippen molar-refractivity contribution in [3.63, 3.8) is 0 Å². The molecule has 0 spiro atoms. The molecule has 0 aromatic carbocycles. The van der Waals surface area contributed by atoms with Crippen LogP contribution < -0.4 is 0 Å². The molecule has 0 amide bonds. The molecule has 0 fully saturated rings. The van der Waals surface area contributed by atoms with E-state index >= 15 is 0 Å². The second kappa shape index (κ2) is 9.36. The first kappa shape index (κ1) is 18.1. The van der Waals surface area contributed by atoms with Gasteiger partial charge in [-0.1, -0.05) is 0 Å². The summed E-state index contributed by atoms with van der Waals surface area (Å²) >= 11 is 0. The van der Waals surface area contributed by atoms with Crippen molar-refractivity contribution in [1.82, 2.24) is 0 Å². The minimum atomic E-state index is -4.99. The summed E-state index contributed by atoms with van der Waals surface area (Å²) < 4.78 is 42.9. The summed E-state index contributed by atoms with van der Waals surface area (Å²) in [7, 11) is -7.16. The number of halogens is 2. The molecule has 0 bridgehead atoms. The monoisotopic (exact) mass is 204 g/mol. The summed E-state index contributed by atoms with van der Waals surface area (Å²) in [6, 6.07) is 0. The molecule has 12 heavy (non-hydrogen) atoms. The fraction of sp³-hybridized carbons (Fsp3) is 0. The Labute approximate surface area is 78.4 Å². The van der Waals surface area contributed by atoms with Crippen LogP contribution in [0.25, 0.3) is 0 Å². The van der Waals surface area contributed by atoms with Crippen molar-refractivity contribution in [3.8, 4) is 0 Å². The molecule has 12 heteroatoms. The Morgan fingerprint density at radius 1 is 1.08 bits per heavy atom. The van der Waals surface area contributed by atoms with Gasteiger partial charge in [0.05, 0.1) is 0 Å². The first-order valence-electron chi connectivity index (χ1n) is 1.75. The standard InChI is InChI=1S/BH3O3.F2O4S.Li.H/c2-1(3)4;1-5-7(3,4)6-2;;/h2-4H;;;. The quantitative estimate of drug-likeness (QED) is 0.420. The Bertz CT molecular complexity index is 153. The summed E-state index contributed by atoms with van der Waals surface area (Å²) in [4.78, 5) is 0. The molecule has 0 aromatic rings. The van der Waals surface area contributed by atoms with Crippen molar-refractivity contribution in [1.29, 1.82) is 0 Å². The molecule has 0 atom stereocenters. The van der Waals surface area contributed by atoms with Gasteiger partial charge in [0, 0.05) is 0 Å². The Kier molecular flexibility index (Phi) is 14.1. The first-order valence-corrected chi connectivity index (χ1v) is 3.08. The number of hydrogen-bond donors (Lipinski definition) is 3. The fourth-order valence-corrected chi connectivity index (χ4v) is 0.0292. The predicted molar refractivity (Wildman–Crippen MR) is 32.9 cm³/mol. The van der Waals surface area contributed by atoms with Crippen LogP contribution in [0.5, 0.6) is 0 Å². The third kappa shape index (κ3) is 22.4. The van der Waals surface area contributed by atoms with Gasteiger partial charge in [-0.3, -0.25) is 0 Å². The minimum absolute atomic E-state index is 0. The van der Waals surface area contributed by atoms with Crippen LogP contribution in [0.1, 0.15) is 0 Å². The molecule has 0 saturated heterocycles. The van der Waals surface area contributed by atoms with E-state index in [2.05, 4.69) is 0 Å². The zero-order valence-corrected chi connectivity index (χ0v) is 5.53. The van der Waals surface area contributed by atoms with Crippen molar-refractivity contribution < 1.29 is 41.3 Å². The average Bonchev–Trinajstić information content (AvgIpc) is 1.87. The Morgan fingerprint density at radius 2 is 1.25 bits per heavy atom. The number of hydrogen-bond acceptors (Lipinski definition) is 7. The van der Waals surface area contributed by atoms with Crippen LogP contribution >= 0.6 is 0 Å². The van der Waals surface area contributed by atoms with E-state index in [9.17, 15) is 17.5 Å². The van der Waals surface area contributed by atoms with Crippen molar-refractivity contribution in [2.75, 3.05) is 0 Å². The molecule has 0 saturated carbocycles. The van der Waals surface area contributed by atoms with Gasteiger partial charge in [0.2, 0.25) is 0 Å².